The van der Waals surface area contributed by atoms with Crippen LogP contribution in [0.1, 0.15) is 55.1 Å². The van der Waals surface area contributed by atoms with E-state index in [1.807, 2.05) is 6.20 Å². The molecule has 106 valence electrons. The van der Waals surface area contributed by atoms with Crippen LogP contribution in [-0.4, -0.2) is 11.0 Å². The SMILES string of the molecule is CC(NC1CCCCC1c1ccccc1)c1nccs1. The number of aromatic nitrogens is 1. The van der Waals surface area contributed by atoms with Crippen LogP contribution in [0.3, 0.4) is 0 Å². The van der Waals surface area contributed by atoms with Gasteiger partial charge < -0.3 is 5.32 Å². The van der Waals surface area contributed by atoms with Crippen LogP contribution in [0.15, 0.2) is 41.9 Å². The van der Waals surface area contributed by atoms with E-state index in [-0.39, 0.29) is 0 Å². The molecule has 1 aromatic heterocycles. The molecule has 0 saturated heterocycles. The summed E-state index contributed by atoms with van der Waals surface area (Å²) in [6.45, 7) is 2.23. The van der Waals surface area contributed by atoms with Crippen LogP contribution in [0.25, 0.3) is 0 Å². The fraction of sp³-hybridized carbons (Fsp3) is 0.471. The minimum Gasteiger partial charge on any atom is -0.305 e. The Morgan fingerprint density at radius 3 is 2.75 bits per heavy atom. The van der Waals surface area contributed by atoms with Gasteiger partial charge in [0.05, 0.1) is 6.04 Å². The molecular weight excluding hydrogens is 264 g/mol. The Morgan fingerprint density at radius 1 is 1.20 bits per heavy atom. The molecule has 0 spiro atoms. The van der Waals surface area contributed by atoms with Crippen LogP contribution in [0.5, 0.6) is 0 Å². The van der Waals surface area contributed by atoms with Gasteiger partial charge in [-0.05, 0) is 31.2 Å². The van der Waals surface area contributed by atoms with Crippen molar-refractivity contribution in [2.75, 3.05) is 0 Å². The van der Waals surface area contributed by atoms with Crippen LogP contribution in [0.2, 0.25) is 0 Å². The molecule has 3 unspecified atom stereocenters. The summed E-state index contributed by atoms with van der Waals surface area (Å²) in [7, 11) is 0. The third-order valence-electron chi connectivity index (χ3n) is 4.28. The average molecular weight is 286 g/mol. The molecule has 3 heteroatoms. The average Bonchev–Trinajstić information content (AvgIpc) is 3.03. The molecule has 0 bridgehead atoms. The van der Waals surface area contributed by atoms with Gasteiger partial charge >= 0.3 is 0 Å². The highest BCUT2D eigenvalue weighted by atomic mass is 32.1. The summed E-state index contributed by atoms with van der Waals surface area (Å²) in [5, 5.41) is 7.07. The van der Waals surface area contributed by atoms with Gasteiger partial charge in [-0.3, -0.25) is 0 Å². The Labute approximate surface area is 125 Å². The predicted molar refractivity (Wildman–Crippen MR) is 85.1 cm³/mol. The molecule has 0 amide bonds. The molecule has 20 heavy (non-hydrogen) atoms. The summed E-state index contributed by atoms with van der Waals surface area (Å²) in [4.78, 5) is 4.44. The fourth-order valence-corrected chi connectivity index (χ4v) is 3.93. The van der Waals surface area contributed by atoms with Crippen LogP contribution in [0, 0.1) is 0 Å². The first-order chi connectivity index (χ1) is 9.84. The van der Waals surface area contributed by atoms with Crippen molar-refractivity contribution >= 4 is 11.3 Å². The summed E-state index contributed by atoms with van der Waals surface area (Å²) in [6, 6.07) is 11.9. The second-order valence-corrected chi connectivity index (χ2v) is 6.59. The molecule has 1 aliphatic rings. The fourth-order valence-electron chi connectivity index (χ4n) is 3.27. The third-order valence-corrected chi connectivity index (χ3v) is 5.24. The zero-order valence-corrected chi connectivity index (χ0v) is 12.8. The minimum absolute atomic E-state index is 0.351. The van der Waals surface area contributed by atoms with Crippen LogP contribution >= 0.6 is 11.3 Å². The molecular formula is C17H22N2S. The van der Waals surface area contributed by atoms with E-state index in [9.17, 15) is 0 Å². The molecule has 1 aliphatic carbocycles. The van der Waals surface area contributed by atoms with Crippen molar-refractivity contribution in [1.82, 2.24) is 10.3 Å². The smallest absolute Gasteiger partial charge is 0.109 e. The van der Waals surface area contributed by atoms with E-state index in [0.29, 0.717) is 18.0 Å². The summed E-state index contributed by atoms with van der Waals surface area (Å²) in [5.74, 6) is 0.646. The van der Waals surface area contributed by atoms with Gasteiger partial charge in [-0.15, -0.1) is 11.3 Å². The van der Waals surface area contributed by atoms with E-state index in [2.05, 4.69) is 52.9 Å². The number of hydrogen-bond donors (Lipinski definition) is 1. The molecule has 3 atom stereocenters. The maximum absolute atomic E-state index is 4.44. The summed E-state index contributed by atoms with van der Waals surface area (Å²) >= 11 is 1.74. The van der Waals surface area contributed by atoms with Crippen molar-refractivity contribution in [3.63, 3.8) is 0 Å². The number of rotatable bonds is 4. The van der Waals surface area contributed by atoms with E-state index in [1.54, 1.807) is 11.3 Å². The largest absolute Gasteiger partial charge is 0.305 e. The molecule has 3 rings (SSSR count). The number of thiazole rings is 1. The Morgan fingerprint density at radius 2 is 2.00 bits per heavy atom. The predicted octanol–water partition coefficient (Wildman–Crippen LogP) is 4.52. The monoisotopic (exact) mass is 286 g/mol. The van der Waals surface area contributed by atoms with Crippen LogP contribution < -0.4 is 5.32 Å². The van der Waals surface area contributed by atoms with E-state index in [1.165, 1.54) is 36.3 Å². The van der Waals surface area contributed by atoms with Gasteiger partial charge in [0, 0.05) is 17.6 Å². The summed E-state index contributed by atoms with van der Waals surface area (Å²) in [6.07, 6.45) is 7.16. The molecule has 2 nitrogen and oxygen atoms in total. The second kappa shape index (κ2) is 6.51. The highest BCUT2D eigenvalue weighted by molar-refractivity contribution is 7.09. The number of nitrogens with one attached hydrogen (secondary N) is 1. The highest BCUT2D eigenvalue weighted by Gasteiger charge is 2.27. The van der Waals surface area contributed by atoms with Crippen molar-refractivity contribution in [3.8, 4) is 0 Å². The molecule has 1 fully saturated rings. The topological polar surface area (TPSA) is 24.9 Å². The molecule has 1 N–H and O–H groups in total. The van der Waals surface area contributed by atoms with Crippen molar-refractivity contribution in [1.29, 1.82) is 0 Å². The maximum atomic E-state index is 4.44. The van der Waals surface area contributed by atoms with Crippen molar-refractivity contribution in [3.05, 3.63) is 52.5 Å². The lowest BCUT2D eigenvalue weighted by Gasteiger charge is -2.34. The van der Waals surface area contributed by atoms with E-state index in [4.69, 9.17) is 0 Å². The number of nitrogens with zero attached hydrogens (tertiary/aromatic N) is 1. The first-order valence-electron chi connectivity index (χ1n) is 7.55. The molecule has 1 aromatic carbocycles. The lowest BCUT2D eigenvalue weighted by molar-refractivity contribution is 0.306. The van der Waals surface area contributed by atoms with E-state index < -0.39 is 0 Å². The van der Waals surface area contributed by atoms with Crippen molar-refractivity contribution in [2.45, 2.75) is 50.6 Å². The Hall–Kier alpha value is -1.19. The lowest BCUT2D eigenvalue weighted by Crippen LogP contribution is -2.38. The molecule has 1 saturated carbocycles. The van der Waals surface area contributed by atoms with Gasteiger partial charge in [0.2, 0.25) is 0 Å². The first-order valence-corrected chi connectivity index (χ1v) is 8.43. The third kappa shape index (κ3) is 3.10. The molecule has 2 aromatic rings. The zero-order valence-electron chi connectivity index (χ0n) is 12.0. The Bertz CT molecular complexity index is 509. The van der Waals surface area contributed by atoms with Crippen LogP contribution in [0.4, 0.5) is 0 Å². The van der Waals surface area contributed by atoms with E-state index in [0.717, 1.165) is 0 Å². The number of hydrogen-bond acceptors (Lipinski definition) is 3. The van der Waals surface area contributed by atoms with Gasteiger partial charge in [0.25, 0.3) is 0 Å². The molecule has 0 radical (unpaired) electrons. The van der Waals surface area contributed by atoms with Gasteiger partial charge in [-0.1, -0.05) is 43.2 Å². The van der Waals surface area contributed by atoms with Gasteiger partial charge in [-0.2, -0.15) is 0 Å². The summed E-state index contributed by atoms with van der Waals surface area (Å²) < 4.78 is 0. The van der Waals surface area contributed by atoms with Gasteiger partial charge in [-0.25, -0.2) is 4.98 Å². The zero-order chi connectivity index (χ0) is 13.8. The van der Waals surface area contributed by atoms with Crippen molar-refractivity contribution in [2.24, 2.45) is 0 Å². The number of benzene rings is 1. The lowest BCUT2D eigenvalue weighted by atomic mass is 9.80. The minimum atomic E-state index is 0.351. The second-order valence-electron chi connectivity index (χ2n) is 5.67. The Balaban J connectivity index is 1.73. The van der Waals surface area contributed by atoms with Gasteiger partial charge in [0.15, 0.2) is 0 Å². The quantitative estimate of drug-likeness (QED) is 0.894. The van der Waals surface area contributed by atoms with Crippen molar-refractivity contribution < 1.29 is 0 Å². The van der Waals surface area contributed by atoms with Crippen LogP contribution in [-0.2, 0) is 0 Å². The molecule has 0 aliphatic heterocycles. The first kappa shape index (κ1) is 13.8. The normalized spacial score (nSPS) is 24.4. The summed E-state index contributed by atoms with van der Waals surface area (Å²) in [5.41, 5.74) is 1.48. The Kier molecular flexibility index (Phi) is 4.48. The van der Waals surface area contributed by atoms with Gasteiger partial charge in [0.1, 0.15) is 5.01 Å². The molecule has 1 heterocycles. The van der Waals surface area contributed by atoms with E-state index >= 15 is 0 Å². The maximum Gasteiger partial charge on any atom is 0.109 e. The highest BCUT2D eigenvalue weighted by Crippen LogP contribution is 2.34. The standard InChI is InChI=1S/C17H22N2S/c1-13(17-18-11-12-20-17)19-16-10-6-5-9-15(16)14-7-3-2-4-8-14/h2-4,7-8,11-13,15-16,19H,5-6,9-10H2,1H3.